The van der Waals surface area contributed by atoms with Crippen molar-refractivity contribution < 1.29 is 9.18 Å². The van der Waals surface area contributed by atoms with E-state index in [1.54, 1.807) is 6.92 Å². The van der Waals surface area contributed by atoms with Crippen LogP contribution in [-0.4, -0.2) is 12.0 Å². The van der Waals surface area contributed by atoms with Crippen molar-refractivity contribution in [2.45, 2.75) is 44.7 Å². The smallest absolute Gasteiger partial charge is 0.159 e. The first-order valence-electron chi connectivity index (χ1n) is 5.92. The fourth-order valence-corrected chi connectivity index (χ4v) is 2.40. The number of benzene rings is 1. The molecule has 1 aromatic carbocycles. The van der Waals surface area contributed by atoms with Crippen LogP contribution in [0.25, 0.3) is 0 Å². The van der Waals surface area contributed by atoms with E-state index in [-0.39, 0.29) is 5.78 Å². The third-order valence-corrected chi connectivity index (χ3v) is 3.42. The van der Waals surface area contributed by atoms with Crippen molar-refractivity contribution in [2.24, 2.45) is 0 Å². The van der Waals surface area contributed by atoms with Gasteiger partial charge < -0.3 is 0 Å². The lowest BCUT2D eigenvalue weighted by atomic mass is 9.83. The third kappa shape index (κ3) is 2.49. The van der Waals surface area contributed by atoms with Gasteiger partial charge in [-0.05, 0) is 50.2 Å². The maximum absolute atomic E-state index is 13.0. The van der Waals surface area contributed by atoms with Gasteiger partial charge in [-0.3, -0.25) is 4.79 Å². The number of ketones is 1. The minimum absolute atomic E-state index is 0.0982. The monoisotopic (exact) mass is 220 g/mol. The molecule has 0 unspecified atom stereocenters. The summed E-state index contributed by atoms with van der Waals surface area (Å²) in [7, 11) is 0. The van der Waals surface area contributed by atoms with E-state index < -0.39 is 6.17 Å². The average Bonchev–Trinajstić information content (AvgIpc) is 2.30. The van der Waals surface area contributed by atoms with Gasteiger partial charge >= 0.3 is 0 Å². The van der Waals surface area contributed by atoms with Gasteiger partial charge in [-0.25, -0.2) is 4.39 Å². The lowest BCUT2D eigenvalue weighted by Crippen LogP contribution is -2.13. The van der Waals surface area contributed by atoms with Gasteiger partial charge in [0.1, 0.15) is 6.17 Å². The lowest BCUT2D eigenvalue weighted by molar-refractivity contribution is 0.101. The van der Waals surface area contributed by atoms with Crippen molar-refractivity contribution in [3.05, 3.63) is 35.4 Å². The second kappa shape index (κ2) is 4.77. The predicted octanol–water partition coefficient (Wildman–Crippen LogP) is 3.88. The SMILES string of the molecule is CC(=O)c1cccc(C2CCC(F)CC2)c1. The molecule has 0 amide bonds. The number of carbonyl (C=O) groups is 1. The Balaban J connectivity index is 2.14. The largest absolute Gasteiger partial charge is 0.295 e. The summed E-state index contributed by atoms with van der Waals surface area (Å²) in [4.78, 5) is 11.3. The number of hydrogen-bond acceptors (Lipinski definition) is 1. The molecule has 1 aromatic rings. The van der Waals surface area contributed by atoms with Crippen molar-refractivity contribution in [1.82, 2.24) is 0 Å². The van der Waals surface area contributed by atoms with Gasteiger partial charge in [-0.1, -0.05) is 18.2 Å². The average molecular weight is 220 g/mol. The Bertz CT molecular complexity index is 378. The molecular formula is C14H17FO. The standard InChI is InChI=1S/C14H17FO/c1-10(16)12-3-2-4-13(9-12)11-5-7-14(15)8-6-11/h2-4,9,11,14H,5-8H2,1H3. The number of hydrogen-bond donors (Lipinski definition) is 0. The molecule has 0 radical (unpaired) electrons. The molecule has 86 valence electrons. The van der Waals surface area contributed by atoms with Crippen molar-refractivity contribution in [2.75, 3.05) is 0 Å². The van der Waals surface area contributed by atoms with Crippen LogP contribution in [0.1, 0.15) is 54.4 Å². The van der Waals surface area contributed by atoms with Gasteiger partial charge in [0.05, 0.1) is 0 Å². The molecule has 1 aliphatic carbocycles. The van der Waals surface area contributed by atoms with Crippen LogP contribution in [0.4, 0.5) is 4.39 Å². The van der Waals surface area contributed by atoms with Crippen molar-refractivity contribution in [1.29, 1.82) is 0 Å². The van der Waals surface area contributed by atoms with Gasteiger partial charge in [0, 0.05) is 5.56 Å². The Kier molecular flexibility index (Phi) is 3.37. The van der Waals surface area contributed by atoms with E-state index in [2.05, 4.69) is 6.07 Å². The fourth-order valence-electron chi connectivity index (χ4n) is 2.40. The van der Waals surface area contributed by atoms with Crippen molar-refractivity contribution in [3.8, 4) is 0 Å². The summed E-state index contributed by atoms with van der Waals surface area (Å²) in [6.07, 6.45) is 2.52. The Morgan fingerprint density at radius 3 is 2.56 bits per heavy atom. The number of halogens is 1. The molecular weight excluding hydrogens is 203 g/mol. The summed E-state index contributed by atoms with van der Waals surface area (Å²) in [5.74, 6) is 0.535. The fraction of sp³-hybridized carbons (Fsp3) is 0.500. The molecule has 0 saturated heterocycles. The van der Waals surface area contributed by atoms with Gasteiger partial charge in [0.25, 0.3) is 0 Å². The molecule has 0 N–H and O–H groups in total. The molecule has 0 atom stereocenters. The normalized spacial score (nSPS) is 25.4. The summed E-state index contributed by atoms with van der Waals surface area (Å²) in [6.45, 7) is 1.58. The zero-order chi connectivity index (χ0) is 11.5. The Labute approximate surface area is 95.7 Å². The molecule has 1 nitrogen and oxygen atoms in total. The van der Waals surface area contributed by atoms with E-state index in [9.17, 15) is 9.18 Å². The van der Waals surface area contributed by atoms with Crippen molar-refractivity contribution in [3.63, 3.8) is 0 Å². The first-order valence-corrected chi connectivity index (χ1v) is 5.92. The van der Waals surface area contributed by atoms with E-state index in [1.807, 2.05) is 18.2 Å². The molecule has 0 aliphatic heterocycles. The Morgan fingerprint density at radius 1 is 1.25 bits per heavy atom. The van der Waals surface area contributed by atoms with Crippen LogP contribution in [0.15, 0.2) is 24.3 Å². The summed E-state index contributed by atoms with van der Waals surface area (Å²) in [5, 5.41) is 0. The molecule has 0 spiro atoms. The Hall–Kier alpha value is -1.18. The zero-order valence-corrected chi connectivity index (χ0v) is 9.58. The van der Waals surface area contributed by atoms with Gasteiger partial charge in [-0.15, -0.1) is 0 Å². The van der Waals surface area contributed by atoms with E-state index in [0.29, 0.717) is 18.8 Å². The quantitative estimate of drug-likeness (QED) is 0.691. The van der Waals surface area contributed by atoms with Crippen LogP contribution < -0.4 is 0 Å². The van der Waals surface area contributed by atoms with Crippen LogP contribution in [0.3, 0.4) is 0 Å². The highest BCUT2D eigenvalue weighted by molar-refractivity contribution is 5.94. The highest BCUT2D eigenvalue weighted by Gasteiger charge is 2.22. The molecule has 0 bridgehead atoms. The summed E-state index contributed by atoms with van der Waals surface area (Å²) in [6, 6.07) is 7.78. The van der Waals surface area contributed by atoms with Gasteiger partial charge in [0.15, 0.2) is 5.78 Å². The Morgan fingerprint density at radius 2 is 1.94 bits per heavy atom. The minimum atomic E-state index is -0.618. The number of rotatable bonds is 2. The first kappa shape index (κ1) is 11.3. The maximum Gasteiger partial charge on any atom is 0.159 e. The van der Waals surface area contributed by atoms with Crippen molar-refractivity contribution >= 4 is 5.78 Å². The molecule has 2 rings (SSSR count). The number of carbonyl (C=O) groups excluding carboxylic acids is 1. The molecule has 2 heteroatoms. The molecule has 1 aliphatic rings. The highest BCUT2D eigenvalue weighted by atomic mass is 19.1. The molecule has 16 heavy (non-hydrogen) atoms. The first-order chi connectivity index (χ1) is 7.66. The number of alkyl halides is 1. The zero-order valence-electron chi connectivity index (χ0n) is 9.58. The third-order valence-electron chi connectivity index (χ3n) is 3.42. The van der Waals surface area contributed by atoms with Crippen LogP contribution in [-0.2, 0) is 0 Å². The van der Waals surface area contributed by atoms with E-state index in [1.165, 1.54) is 5.56 Å². The summed E-state index contributed by atoms with van der Waals surface area (Å²) < 4.78 is 13.0. The number of Topliss-reactive ketones (excluding diaryl/α,β-unsaturated/α-hetero) is 1. The van der Waals surface area contributed by atoms with E-state index in [0.717, 1.165) is 18.4 Å². The molecule has 0 heterocycles. The van der Waals surface area contributed by atoms with Gasteiger partial charge in [0.2, 0.25) is 0 Å². The second-order valence-electron chi connectivity index (χ2n) is 4.63. The predicted molar refractivity (Wildman–Crippen MR) is 62.6 cm³/mol. The van der Waals surface area contributed by atoms with Gasteiger partial charge in [-0.2, -0.15) is 0 Å². The molecule has 1 saturated carbocycles. The molecule has 0 aromatic heterocycles. The summed E-state index contributed by atoms with van der Waals surface area (Å²) >= 11 is 0. The van der Waals surface area contributed by atoms with Crippen LogP contribution in [0.5, 0.6) is 0 Å². The lowest BCUT2D eigenvalue weighted by Gasteiger charge is -2.24. The molecule has 1 fully saturated rings. The van der Waals surface area contributed by atoms with Crippen LogP contribution in [0, 0.1) is 0 Å². The second-order valence-corrected chi connectivity index (χ2v) is 4.63. The van der Waals surface area contributed by atoms with E-state index >= 15 is 0 Å². The summed E-state index contributed by atoms with van der Waals surface area (Å²) in [5.41, 5.74) is 1.96. The highest BCUT2D eigenvalue weighted by Crippen LogP contribution is 2.34. The van der Waals surface area contributed by atoms with Crippen LogP contribution >= 0.6 is 0 Å². The minimum Gasteiger partial charge on any atom is -0.295 e. The van der Waals surface area contributed by atoms with E-state index in [4.69, 9.17) is 0 Å². The van der Waals surface area contributed by atoms with Crippen LogP contribution in [0.2, 0.25) is 0 Å². The maximum atomic E-state index is 13.0. The topological polar surface area (TPSA) is 17.1 Å².